The van der Waals surface area contributed by atoms with Crippen molar-refractivity contribution in [3.05, 3.63) is 325 Å². The van der Waals surface area contributed by atoms with Gasteiger partial charge in [-0.25, -0.2) is 0 Å². The van der Waals surface area contributed by atoms with E-state index >= 15 is 0 Å². The highest BCUT2D eigenvalue weighted by atomic mass is 16.5. The molecule has 0 aromatic heterocycles. The van der Waals surface area contributed by atoms with Crippen LogP contribution in [0.2, 0.25) is 0 Å². The Morgan fingerprint density at radius 3 is 0.461 bits per heavy atom. The first-order valence-electron chi connectivity index (χ1n) is 33.6. The SMILES string of the molecule is COc1ccc(N(c2ccc(OC)cc2)c2ccc3c(c2)C(=Cc2ccc(C=C4c5cc(N(c6ccc(OC)cc6)c6ccc(OC)cc6)ccc5-c5ccc(N(c6ccc(OC)cc6)c6ccc(OC)cc6)cc54)cc2)c2cc(N(c4ccc(OC)cc4)c4ccc(OC)cc4)ccc2-3)cc1. The van der Waals surface area contributed by atoms with E-state index in [-0.39, 0.29) is 0 Å². The molecule has 0 fully saturated rings. The van der Waals surface area contributed by atoms with Crippen LogP contribution in [0.5, 0.6) is 46.0 Å². The lowest BCUT2D eigenvalue weighted by molar-refractivity contribution is 0.414. The fourth-order valence-electron chi connectivity index (χ4n) is 13.8. The lowest BCUT2D eigenvalue weighted by Crippen LogP contribution is -2.10. The summed E-state index contributed by atoms with van der Waals surface area (Å²) in [6, 6.07) is 102. The molecule has 2 aliphatic carbocycles. The van der Waals surface area contributed by atoms with Crippen molar-refractivity contribution in [2.45, 2.75) is 0 Å². The van der Waals surface area contributed by atoms with Crippen molar-refractivity contribution in [1.29, 1.82) is 0 Å². The molecule has 0 bridgehead atoms. The largest absolute Gasteiger partial charge is 0.497 e. The lowest BCUT2D eigenvalue weighted by Gasteiger charge is -2.26. The molecule has 13 aromatic rings. The molecule has 0 N–H and O–H groups in total. The van der Waals surface area contributed by atoms with Gasteiger partial charge in [0.25, 0.3) is 0 Å². The van der Waals surface area contributed by atoms with Crippen LogP contribution in [0.4, 0.5) is 68.2 Å². The van der Waals surface area contributed by atoms with Gasteiger partial charge in [-0.05, 0) is 322 Å². The van der Waals surface area contributed by atoms with Crippen molar-refractivity contribution in [1.82, 2.24) is 0 Å². The first-order valence-corrected chi connectivity index (χ1v) is 33.6. The van der Waals surface area contributed by atoms with Crippen molar-refractivity contribution in [3.8, 4) is 68.2 Å². The third-order valence-corrected chi connectivity index (χ3v) is 19.0. The number of benzene rings is 13. The van der Waals surface area contributed by atoms with Gasteiger partial charge < -0.3 is 57.5 Å². The van der Waals surface area contributed by atoms with Gasteiger partial charge in [0.1, 0.15) is 46.0 Å². The Morgan fingerprint density at radius 1 is 0.167 bits per heavy atom. The molecule has 12 nitrogen and oxygen atoms in total. The molecule has 0 amide bonds. The summed E-state index contributed by atoms with van der Waals surface area (Å²) in [6.07, 6.45) is 4.67. The predicted octanol–water partition coefficient (Wildman–Crippen LogP) is 22.8. The maximum atomic E-state index is 5.66. The number of methoxy groups -OCH3 is 8. The minimum atomic E-state index is 0.774. The average molecular weight is 1340 g/mol. The molecule has 13 aromatic carbocycles. The Bertz CT molecular complexity index is 4400. The minimum Gasteiger partial charge on any atom is -0.497 e. The third kappa shape index (κ3) is 12.7. The summed E-state index contributed by atoms with van der Waals surface area (Å²) in [6.45, 7) is 0. The molecule has 0 heterocycles. The standard InChI is InChI=1S/C90H74N4O8/c1-95-73-33-13-61(14-34-73)91(62-15-35-74(96-2)36-16-62)69-29-49-81-82-50-30-70(92(63-17-37-75(97-3)38-18-63)64-19-39-76(98-4)40-20-64)56-88(82)85(87(81)55-69)53-59-9-11-60(12-10-59)54-86-89-57-71(93(65-21-41-77(99-5)42-22-65)66-23-43-78(100-6)44-24-66)31-51-83(89)84-52-32-72(58-90(84)86)94(67-25-45-79(101-7)46-26-67)68-27-47-80(102-8)48-28-68/h9-58H,1-8H3. The van der Waals surface area contributed by atoms with E-state index in [1.54, 1.807) is 56.9 Å². The van der Waals surface area contributed by atoms with Gasteiger partial charge in [0.15, 0.2) is 0 Å². The summed E-state index contributed by atoms with van der Waals surface area (Å²) in [5, 5.41) is 0. The second-order valence-electron chi connectivity index (χ2n) is 24.6. The fraction of sp³-hybridized carbons (Fsp3) is 0.0889. The average Bonchev–Trinajstić information content (AvgIpc) is 1.59. The minimum absolute atomic E-state index is 0.774. The molecule has 0 unspecified atom stereocenters. The molecule has 102 heavy (non-hydrogen) atoms. The summed E-state index contributed by atoms with van der Waals surface area (Å²) >= 11 is 0. The number of rotatable bonds is 22. The summed E-state index contributed by atoms with van der Waals surface area (Å²) in [5.41, 5.74) is 24.9. The van der Waals surface area contributed by atoms with Crippen LogP contribution in [-0.4, -0.2) is 56.9 Å². The van der Waals surface area contributed by atoms with Gasteiger partial charge in [-0.1, -0.05) is 48.5 Å². The first-order chi connectivity index (χ1) is 50.1. The quantitative estimate of drug-likeness (QED) is 0.0648. The van der Waals surface area contributed by atoms with Crippen LogP contribution < -0.4 is 57.5 Å². The highest BCUT2D eigenvalue weighted by molar-refractivity contribution is 6.10. The maximum absolute atomic E-state index is 5.66. The van der Waals surface area contributed by atoms with Gasteiger partial charge in [-0.2, -0.15) is 0 Å². The van der Waals surface area contributed by atoms with Gasteiger partial charge in [0, 0.05) is 68.2 Å². The molecule has 0 spiro atoms. The fourth-order valence-corrected chi connectivity index (χ4v) is 13.8. The molecule has 12 heteroatoms. The lowest BCUT2D eigenvalue weighted by atomic mass is 9.97. The van der Waals surface area contributed by atoms with Gasteiger partial charge in [0.2, 0.25) is 0 Å². The van der Waals surface area contributed by atoms with Crippen LogP contribution in [-0.2, 0) is 0 Å². The van der Waals surface area contributed by atoms with Crippen LogP contribution in [0.15, 0.2) is 291 Å². The Labute approximate surface area is 595 Å². The van der Waals surface area contributed by atoms with Gasteiger partial charge in [-0.3, -0.25) is 0 Å². The predicted molar refractivity (Wildman–Crippen MR) is 415 cm³/mol. The third-order valence-electron chi connectivity index (χ3n) is 19.0. The van der Waals surface area contributed by atoms with Crippen molar-refractivity contribution < 1.29 is 37.9 Å². The van der Waals surface area contributed by atoms with Crippen molar-refractivity contribution >= 4 is 91.5 Å². The Kier molecular flexibility index (Phi) is 18.1. The number of hydrogen-bond acceptors (Lipinski definition) is 12. The molecule has 15 rings (SSSR count). The number of hydrogen-bond donors (Lipinski definition) is 0. The number of nitrogens with zero attached hydrogens (tertiary/aromatic N) is 4. The zero-order valence-corrected chi connectivity index (χ0v) is 57.9. The number of fused-ring (bicyclic) bond motifs is 6. The van der Waals surface area contributed by atoms with E-state index in [1.807, 2.05) is 97.1 Å². The monoisotopic (exact) mass is 1340 g/mol. The van der Waals surface area contributed by atoms with Crippen LogP contribution in [0.1, 0.15) is 33.4 Å². The smallest absolute Gasteiger partial charge is 0.119 e. The molecule has 0 aliphatic heterocycles. The van der Waals surface area contributed by atoms with Crippen LogP contribution in [0, 0.1) is 0 Å². The van der Waals surface area contributed by atoms with Gasteiger partial charge in [-0.15, -0.1) is 0 Å². The Balaban J connectivity index is 0.888. The first kappa shape index (κ1) is 64.9. The van der Waals surface area contributed by atoms with Crippen molar-refractivity contribution in [2.75, 3.05) is 76.5 Å². The second kappa shape index (κ2) is 28.4. The zero-order chi connectivity index (χ0) is 69.8. The molecular formula is C90H74N4O8. The topological polar surface area (TPSA) is 86.8 Å². The van der Waals surface area contributed by atoms with E-state index in [4.69, 9.17) is 37.9 Å². The molecule has 502 valence electrons. The zero-order valence-electron chi connectivity index (χ0n) is 57.9. The number of anilines is 12. The van der Waals surface area contributed by atoms with Gasteiger partial charge >= 0.3 is 0 Å². The summed E-state index contributed by atoms with van der Waals surface area (Å²) in [7, 11) is 13.5. The molecule has 2 aliphatic rings. The molecular weight excluding hydrogens is 1270 g/mol. The normalized spacial score (nSPS) is 11.5. The Hall–Kier alpha value is -13.1. The molecule has 0 saturated heterocycles. The molecule has 0 radical (unpaired) electrons. The van der Waals surface area contributed by atoms with Crippen molar-refractivity contribution in [2.24, 2.45) is 0 Å². The summed E-state index contributed by atoms with van der Waals surface area (Å²) < 4.78 is 45.3. The Morgan fingerprint density at radius 2 is 0.314 bits per heavy atom. The molecule has 0 atom stereocenters. The van der Waals surface area contributed by atoms with Crippen LogP contribution in [0.25, 0.3) is 45.6 Å². The van der Waals surface area contributed by atoms with Crippen LogP contribution in [0.3, 0.4) is 0 Å². The van der Waals surface area contributed by atoms with E-state index in [2.05, 4.69) is 226 Å². The molecule has 0 saturated carbocycles. The highest BCUT2D eigenvalue weighted by Crippen LogP contribution is 2.53. The highest BCUT2D eigenvalue weighted by Gasteiger charge is 2.30. The van der Waals surface area contributed by atoms with Crippen LogP contribution >= 0.6 is 0 Å². The number of ether oxygens (including phenoxy) is 8. The second-order valence-corrected chi connectivity index (χ2v) is 24.6. The summed E-state index contributed by atoms with van der Waals surface area (Å²) in [4.78, 5) is 9.11. The van der Waals surface area contributed by atoms with E-state index < -0.39 is 0 Å². The van der Waals surface area contributed by atoms with E-state index in [0.29, 0.717) is 0 Å². The maximum Gasteiger partial charge on any atom is 0.119 e. The summed E-state index contributed by atoms with van der Waals surface area (Å²) in [5.74, 6) is 6.19. The van der Waals surface area contributed by atoms with Crippen molar-refractivity contribution in [3.63, 3.8) is 0 Å². The van der Waals surface area contributed by atoms with E-state index in [1.165, 1.54) is 0 Å². The van der Waals surface area contributed by atoms with Gasteiger partial charge in [0.05, 0.1) is 56.9 Å². The van der Waals surface area contributed by atoms with E-state index in [0.717, 1.165) is 181 Å². The van der Waals surface area contributed by atoms with E-state index in [9.17, 15) is 0 Å².